The molecule has 6 nitrogen and oxygen atoms in total. The predicted octanol–water partition coefficient (Wildman–Crippen LogP) is 4.11. The Balaban J connectivity index is 1.44. The first-order valence-corrected chi connectivity index (χ1v) is 11.5. The highest BCUT2D eigenvalue weighted by Crippen LogP contribution is 2.28. The Hall–Kier alpha value is -2.58. The maximum Gasteiger partial charge on any atom is 0.186 e. The minimum atomic E-state index is -0.952. The summed E-state index contributed by atoms with van der Waals surface area (Å²) in [6.45, 7) is 1.31. The zero-order chi connectivity index (χ0) is 23.6. The fourth-order valence-electron chi connectivity index (χ4n) is 3.99. The lowest BCUT2D eigenvalue weighted by Crippen LogP contribution is -2.60. The number of ether oxygens (including phenoxy) is 5. The summed E-state index contributed by atoms with van der Waals surface area (Å²) in [6, 6.07) is 29.6. The molecule has 0 aliphatic carbocycles. The molecule has 1 heterocycles. The molecule has 3 aromatic carbocycles. The van der Waals surface area contributed by atoms with Gasteiger partial charge in [0.2, 0.25) is 0 Å². The van der Waals surface area contributed by atoms with Crippen LogP contribution in [-0.2, 0) is 43.5 Å². The fraction of sp³-hybridized carbons (Fsp3) is 0.357. The minimum absolute atomic E-state index is 0.201. The Morgan fingerprint density at radius 1 is 0.676 bits per heavy atom. The van der Waals surface area contributed by atoms with E-state index >= 15 is 0 Å². The third-order valence-corrected chi connectivity index (χ3v) is 5.82. The van der Waals surface area contributed by atoms with Crippen molar-refractivity contribution >= 4 is 0 Å². The van der Waals surface area contributed by atoms with Crippen LogP contribution in [0.3, 0.4) is 0 Å². The molecule has 180 valence electrons. The predicted molar refractivity (Wildman–Crippen MR) is 128 cm³/mol. The van der Waals surface area contributed by atoms with E-state index in [-0.39, 0.29) is 6.61 Å². The van der Waals surface area contributed by atoms with Crippen LogP contribution in [0.15, 0.2) is 91.0 Å². The van der Waals surface area contributed by atoms with Crippen molar-refractivity contribution in [1.82, 2.24) is 0 Å². The number of rotatable bonds is 11. The van der Waals surface area contributed by atoms with E-state index in [1.54, 1.807) is 7.11 Å². The van der Waals surface area contributed by atoms with E-state index in [2.05, 4.69) is 0 Å². The molecule has 1 N–H and O–H groups in total. The normalized spacial score (nSPS) is 24.7. The average molecular weight is 465 g/mol. The van der Waals surface area contributed by atoms with Crippen molar-refractivity contribution < 1.29 is 28.8 Å². The first-order valence-electron chi connectivity index (χ1n) is 11.5. The van der Waals surface area contributed by atoms with Crippen molar-refractivity contribution in [3.63, 3.8) is 0 Å². The van der Waals surface area contributed by atoms with E-state index in [9.17, 15) is 5.11 Å². The van der Waals surface area contributed by atoms with Crippen molar-refractivity contribution in [1.29, 1.82) is 0 Å². The molecule has 34 heavy (non-hydrogen) atoms. The molecule has 1 saturated heterocycles. The Morgan fingerprint density at radius 3 is 1.65 bits per heavy atom. The lowest BCUT2D eigenvalue weighted by molar-refractivity contribution is -0.315. The van der Waals surface area contributed by atoms with Gasteiger partial charge in [-0.15, -0.1) is 0 Å². The van der Waals surface area contributed by atoms with Gasteiger partial charge in [-0.2, -0.15) is 0 Å². The quantitative estimate of drug-likeness (QED) is 0.461. The minimum Gasteiger partial charge on any atom is -0.387 e. The molecular formula is C28H32O6. The van der Waals surface area contributed by atoms with E-state index in [4.69, 9.17) is 23.7 Å². The monoisotopic (exact) mass is 464 g/mol. The molecule has 5 atom stereocenters. The number of aliphatic hydroxyl groups is 1. The van der Waals surface area contributed by atoms with Gasteiger partial charge < -0.3 is 28.8 Å². The lowest BCUT2D eigenvalue weighted by Gasteiger charge is -2.43. The van der Waals surface area contributed by atoms with Gasteiger partial charge in [0.15, 0.2) is 6.29 Å². The van der Waals surface area contributed by atoms with Crippen LogP contribution in [0.2, 0.25) is 0 Å². The number of hydrogen-bond acceptors (Lipinski definition) is 6. The molecule has 0 bridgehead atoms. The Morgan fingerprint density at radius 2 is 1.15 bits per heavy atom. The summed E-state index contributed by atoms with van der Waals surface area (Å²) in [4.78, 5) is 0. The van der Waals surface area contributed by atoms with Crippen LogP contribution >= 0.6 is 0 Å². The van der Waals surface area contributed by atoms with Gasteiger partial charge in [0.1, 0.15) is 24.4 Å². The average Bonchev–Trinajstić information content (AvgIpc) is 2.89. The van der Waals surface area contributed by atoms with Crippen LogP contribution in [0.5, 0.6) is 0 Å². The van der Waals surface area contributed by atoms with Gasteiger partial charge in [-0.25, -0.2) is 0 Å². The number of benzene rings is 3. The van der Waals surface area contributed by atoms with Gasteiger partial charge in [0.25, 0.3) is 0 Å². The highest BCUT2D eigenvalue weighted by atomic mass is 16.7. The molecule has 0 aromatic heterocycles. The van der Waals surface area contributed by atoms with Crippen molar-refractivity contribution in [2.75, 3.05) is 13.7 Å². The fourth-order valence-corrected chi connectivity index (χ4v) is 3.99. The van der Waals surface area contributed by atoms with Crippen LogP contribution in [-0.4, -0.2) is 49.5 Å². The zero-order valence-electron chi connectivity index (χ0n) is 19.4. The van der Waals surface area contributed by atoms with Gasteiger partial charge >= 0.3 is 0 Å². The Kier molecular flexibility index (Phi) is 9.21. The van der Waals surface area contributed by atoms with Crippen LogP contribution in [0.1, 0.15) is 16.7 Å². The second kappa shape index (κ2) is 12.8. The summed E-state index contributed by atoms with van der Waals surface area (Å²) in [5, 5.41) is 11.2. The Bertz CT molecular complexity index is 952. The molecule has 0 amide bonds. The van der Waals surface area contributed by atoms with E-state index < -0.39 is 30.7 Å². The maximum absolute atomic E-state index is 11.2. The summed E-state index contributed by atoms with van der Waals surface area (Å²) in [7, 11) is 1.57. The van der Waals surface area contributed by atoms with Gasteiger partial charge in [0, 0.05) is 7.11 Å². The van der Waals surface area contributed by atoms with E-state index in [0.29, 0.717) is 19.8 Å². The molecular weight excluding hydrogens is 432 g/mol. The zero-order valence-corrected chi connectivity index (χ0v) is 19.4. The molecule has 0 radical (unpaired) electrons. The molecule has 4 rings (SSSR count). The molecule has 1 aliphatic rings. The second-order valence-corrected chi connectivity index (χ2v) is 8.29. The Labute approximate surface area is 201 Å². The molecule has 1 fully saturated rings. The highest BCUT2D eigenvalue weighted by Gasteiger charge is 2.47. The molecule has 0 spiro atoms. The first kappa shape index (κ1) is 24.5. The largest absolute Gasteiger partial charge is 0.387 e. The second-order valence-electron chi connectivity index (χ2n) is 8.29. The molecule has 0 saturated carbocycles. The van der Waals surface area contributed by atoms with Crippen LogP contribution < -0.4 is 0 Å². The van der Waals surface area contributed by atoms with Crippen molar-refractivity contribution in [3.05, 3.63) is 108 Å². The molecule has 1 aliphatic heterocycles. The van der Waals surface area contributed by atoms with Crippen molar-refractivity contribution in [2.45, 2.75) is 50.5 Å². The van der Waals surface area contributed by atoms with E-state index in [1.165, 1.54) is 0 Å². The smallest absolute Gasteiger partial charge is 0.186 e. The van der Waals surface area contributed by atoms with Crippen molar-refractivity contribution in [2.24, 2.45) is 0 Å². The van der Waals surface area contributed by atoms with Crippen molar-refractivity contribution in [3.8, 4) is 0 Å². The number of hydrogen-bond donors (Lipinski definition) is 1. The third kappa shape index (κ3) is 6.73. The van der Waals surface area contributed by atoms with Gasteiger partial charge in [-0.1, -0.05) is 91.0 Å². The van der Waals surface area contributed by atoms with Gasteiger partial charge in [-0.3, -0.25) is 0 Å². The molecule has 0 unspecified atom stereocenters. The summed E-state index contributed by atoms with van der Waals surface area (Å²) in [5.41, 5.74) is 3.08. The topological polar surface area (TPSA) is 66.4 Å². The third-order valence-electron chi connectivity index (χ3n) is 5.82. The maximum atomic E-state index is 11.2. The van der Waals surface area contributed by atoms with Crippen LogP contribution in [0, 0.1) is 0 Å². The number of aliphatic hydroxyl groups excluding tert-OH is 1. The number of methoxy groups -OCH3 is 1. The van der Waals surface area contributed by atoms with E-state index in [0.717, 1.165) is 16.7 Å². The highest BCUT2D eigenvalue weighted by molar-refractivity contribution is 5.15. The summed E-state index contributed by atoms with van der Waals surface area (Å²) in [5.74, 6) is 0. The molecule has 3 aromatic rings. The van der Waals surface area contributed by atoms with E-state index in [1.807, 2.05) is 91.0 Å². The standard InChI is InChI=1S/C28H32O6/c1-30-28-27(33-19-23-15-9-4-10-16-23)26(32-18-22-13-7-3-8-14-22)25(29)24(34-28)20-31-17-21-11-5-2-6-12-21/h2-16,24-29H,17-20H2,1H3/t24-,25-,26+,27+,28-/m1/s1. The lowest BCUT2D eigenvalue weighted by atomic mass is 9.98. The SMILES string of the molecule is CO[C@@H]1O[C@H](COCc2ccccc2)[C@@H](O)[C@H](OCc2ccccc2)[C@@H]1OCc1ccccc1. The summed E-state index contributed by atoms with van der Waals surface area (Å²) >= 11 is 0. The van der Waals surface area contributed by atoms with Gasteiger partial charge in [-0.05, 0) is 16.7 Å². The molecule has 6 heteroatoms. The first-order chi connectivity index (χ1) is 16.7. The van der Waals surface area contributed by atoms with Gasteiger partial charge in [0.05, 0.1) is 26.4 Å². The summed E-state index contributed by atoms with van der Waals surface area (Å²) < 4.78 is 30.0. The van der Waals surface area contributed by atoms with Crippen LogP contribution in [0.25, 0.3) is 0 Å². The van der Waals surface area contributed by atoms with Crippen LogP contribution in [0.4, 0.5) is 0 Å². The summed E-state index contributed by atoms with van der Waals surface area (Å²) in [6.07, 6.45) is -3.56.